The molecule has 6 heteroatoms. The van der Waals surface area contributed by atoms with Gasteiger partial charge >= 0.3 is 5.63 Å². The molecule has 0 aliphatic carbocycles. The maximum absolute atomic E-state index is 12.7. The molecule has 2 aliphatic heterocycles. The lowest BCUT2D eigenvalue weighted by Crippen LogP contribution is -2.63. The molecule has 0 radical (unpaired) electrons. The molecule has 1 unspecified atom stereocenters. The van der Waals surface area contributed by atoms with E-state index in [1.54, 1.807) is 13.0 Å². The molecular formula is C22H28N2O4. The fraction of sp³-hybridized carbons (Fsp3) is 0.545. The van der Waals surface area contributed by atoms with Crippen LogP contribution in [-0.2, 0) is 11.2 Å². The predicted molar refractivity (Wildman–Crippen MR) is 108 cm³/mol. The van der Waals surface area contributed by atoms with Crippen molar-refractivity contribution in [1.82, 2.24) is 9.80 Å². The largest absolute Gasteiger partial charge is 0.481 e. The van der Waals surface area contributed by atoms with E-state index in [9.17, 15) is 9.59 Å². The zero-order valence-electron chi connectivity index (χ0n) is 16.6. The fourth-order valence-electron chi connectivity index (χ4n) is 4.24. The zero-order valence-corrected chi connectivity index (χ0v) is 16.6. The number of fused-ring (bicyclic) bond motifs is 1. The molecule has 1 amide bonds. The van der Waals surface area contributed by atoms with Gasteiger partial charge in [0.25, 0.3) is 5.91 Å². The van der Waals surface area contributed by atoms with E-state index in [4.69, 9.17) is 9.15 Å². The Morgan fingerprint density at radius 1 is 1.21 bits per heavy atom. The van der Waals surface area contributed by atoms with Crippen LogP contribution in [0.5, 0.6) is 5.75 Å². The lowest BCUT2D eigenvalue weighted by molar-refractivity contribution is -0.145. The molecule has 4 rings (SSSR count). The first-order valence-corrected chi connectivity index (χ1v) is 10.3. The molecule has 1 atom stereocenters. The molecule has 2 aliphatic rings. The maximum Gasteiger partial charge on any atom is 0.336 e. The third-order valence-corrected chi connectivity index (χ3v) is 5.92. The second kappa shape index (κ2) is 7.95. The highest BCUT2D eigenvalue weighted by atomic mass is 16.5. The molecule has 1 aromatic carbocycles. The van der Waals surface area contributed by atoms with E-state index in [1.807, 2.05) is 24.0 Å². The van der Waals surface area contributed by atoms with Crippen LogP contribution in [0.1, 0.15) is 38.7 Å². The van der Waals surface area contributed by atoms with Crippen molar-refractivity contribution in [1.29, 1.82) is 0 Å². The van der Waals surface area contributed by atoms with Crippen LogP contribution in [0.25, 0.3) is 11.0 Å². The fourth-order valence-corrected chi connectivity index (χ4v) is 4.24. The van der Waals surface area contributed by atoms with Crippen LogP contribution in [0.3, 0.4) is 0 Å². The SMILES string of the molecule is CCc1cc(=O)oc2cc(OC(C)C(=O)N3CC(N4CCCCC4)C3)ccc12. The van der Waals surface area contributed by atoms with Gasteiger partial charge in [-0.3, -0.25) is 9.69 Å². The van der Waals surface area contributed by atoms with Crippen molar-refractivity contribution in [2.45, 2.75) is 51.7 Å². The summed E-state index contributed by atoms with van der Waals surface area (Å²) >= 11 is 0. The molecule has 3 heterocycles. The van der Waals surface area contributed by atoms with Crippen molar-refractivity contribution in [2.24, 2.45) is 0 Å². The van der Waals surface area contributed by atoms with Gasteiger partial charge < -0.3 is 14.1 Å². The van der Waals surface area contributed by atoms with Gasteiger partial charge in [0, 0.05) is 36.7 Å². The van der Waals surface area contributed by atoms with E-state index in [1.165, 1.54) is 25.3 Å². The number of hydrogen-bond acceptors (Lipinski definition) is 5. The lowest BCUT2D eigenvalue weighted by atomic mass is 10.0. The highest BCUT2D eigenvalue weighted by Gasteiger charge is 2.37. The summed E-state index contributed by atoms with van der Waals surface area (Å²) < 4.78 is 11.2. The highest BCUT2D eigenvalue weighted by Crippen LogP contribution is 2.25. The van der Waals surface area contributed by atoms with Gasteiger partial charge in [-0.2, -0.15) is 0 Å². The van der Waals surface area contributed by atoms with E-state index in [-0.39, 0.29) is 11.5 Å². The van der Waals surface area contributed by atoms with Crippen molar-refractivity contribution in [3.8, 4) is 5.75 Å². The number of aryl methyl sites for hydroxylation is 1. The smallest absolute Gasteiger partial charge is 0.336 e. The van der Waals surface area contributed by atoms with Gasteiger partial charge in [0.1, 0.15) is 11.3 Å². The summed E-state index contributed by atoms with van der Waals surface area (Å²) in [6.07, 6.45) is 4.04. The van der Waals surface area contributed by atoms with Crippen LogP contribution in [0.15, 0.2) is 33.5 Å². The van der Waals surface area contributed by atoms with Crippen LogP contribution >= 0.6 is 0 Å². The number of likely N-dealkylation sites (tertiary alicyclic amines) is 2. The number of carbonyl (C=O) groups is 1. The van der Waals surface area contributed by atoms with Gasteiger partial charge in [-0.05, 0) is 57.0 Å². The van der Waals surface area contributed by atoms with Crippen LogP contribution in [0.4, 0.5) is 0 Å². The number of hydrogen-bond donors (Lipinski definition) is 0. The molecule has 2 saturated heterocycles. The molecule has 2 fully saturated rings. The van der Waals surface area contributed by atoms with Crippen LogP contribution in [0, 0.1) is 0 Å². The van der Waals surface area contributed by atoms with Gasteiger partial charge in [0.2, 0.25) is 0 Å². The predicted octanol–water partition coefficient (Wildman–Crippen LogP) is 2.82. The summed E-state index contributed by atoms with van der Waals surface area (Å²) in [6.45, 7) is 7.67. The first-order valence-electron chi connectivity index (χ1n) is 10.3. The summed E-state index contributed by atoms with van der Waals surface area (Å²) in [4.78, 5) is 28.8. The number of ether oxygens (including phenoxy) is 1. The van der Waals surface area contributed by atoms with E-state index >= 15 is 0 Å². The van der Waals surface area contributed by atoms with Crippen molar-refractivity contribution in [2.75, 3.05) is 26.2 Å². The molecule has 150 valence electrons. The summed E-state index contributed by atoms with van der Waals surface area (Å²) in [6, 6.07) is 7.44. The van der Waals surface area contributed by atoms with Crippen LogP contribution in [-0.4, -0.2) is 54.0 Å². The molecule has 28 heavy (non-hydrogen) atoms. The Labute approximate surface area is 165 Å². The number of rotatable bonds is 5. The first kappa shape index (κ1) is 19.0. The Hall–Kier alpha value is -2.34. The number of nitrogens with zero attached hydrogens (tertiary/aromatic N) is 2. The number of piperidine rings is 1. The second-order valence-corrected chi connectivity index (χ2v) is 7.86. The average Bonchev–Trinajstić information content (AvgIpc) is 2.66. The summed E-state index contributed by atoms with van der Waals surface area (Å²) in [7, 11) is 0. The van der Waals surface area contributed by atoms with Crippen molar-refractivity contribution in [3.63, 3.8) is 0 Å². The number of benzene rings is 1. The maximum atomic E-state index is 12.7. The zero-order chi connectivity index (χ0) is 19.7. The quantitative estimate of drug-likeness (QED) is 0.742. The van der Waals surface area contributed by atoms with Crippen molar-refractivity contribution < 1.29 is 13.9 Å². The molecule has 0 N–H and O–H groups in total. The second-order valence-electron chi connectivity index (χ2n) is 7.86. The minimum atomic E-state index is -0.569. The minimum absolute atomic E-state index is 0.0112. The molecule has 2 aromatic rings. The standard InChI is InChI=1S/C22H28N2O4/c1-3-16-11-21(25)28-20-12-18(7-8-19(16)20)27-15(2)22(26)24-13-17(14-24)23-9-5-4-6-10-23/h7-8,11-12,15,17H,3-6,9-10,13-14H2,1-2H3. The van der Waals surface area contributed by atoms with Crippen molar-refractivity contribution >= 4 is 16.9 Å². The summed E-state index contributed by atoms with van der Waals surface area (Å²) in [5.41, 5.74) is 1.08. The molecule has 0 spiro atoms. The number of carbonyl (C=O) groups excluding carboxylic acids is 1. The Kier molecular flexibility index (Phi) is 5.40. The van der Waals surface area contributed by atoms with Crippen LogP contribution in [0.2, 0.25) is 0 Å². The first-order chi connectivity index (χ1) is 13.5. The molecule has 0 saturated carbocycles. The monoisotopic (exact) mass is 384 g/mol. The van der Waals surface area contributed by atoms with Crippen molar-refractivity contribution in [3.05, 3.63) is 40.2 Å². The molecule has 1 aromatic heterocycles. The highest BCUT2D eigenvalue weighted by molar-refractivity contribution is 5.83. The number of amides is 1. The normalized spacial score (nSPS) is 19.4. The Bertz CT molecular complexity index is 910. The van der Waals surface area contributed by atoms with Gasteiger partial charge in [-0.1, -0.05) is 13.3 Å². The van der Waals surface area contributed by atoms with Gasteiger partial charge in [0.15, 0.2) is 6.10 Å². The summed E-state index contributed by atoms with van der Waals surface area (Å²) in [5.74, 6) is 0.551. The third kappa shape index (κ3) is 3.78. The van der Waals surface area contributed by atoms with Crippen LogP contribution < -0.4 is 10.4 Å². The average molecular weight is 384 g/mol. The van der Waals surface area contributed by atoms with E-state index < -0.39 is 6.10 Å². The van der Waals surface area contributed by atoms with Gasteiger partial charge in [-0.25, -0.2) is 4.79 Å². The minimum Gasteiger partial charge on any atom is -0.481 e. The van der Waals surface area contributed by atoms with Gasteiger partial charge in [-0.15, -0.1) is 0 Å². The molecule has 6 nitrogen and oxygen atoms in total. The lowest BCUT2D eigenvalue weighted by Gasteiger charge is -2.47. The van der Waals surface area contributed by atoms with Gasteiger partial charge in [0.05, 0.1) is 0 Å². The molecular weight excluding hydrogens is 356 g/mol. The van der Waals surface area contributed by atoms with E-state index in [0.717, 1.165) is 43.5 Å². The summed E-state index contributed by atoms with van der Waals surface area (Å²) in [5, 5.41) is 0.903. The Morgan fingerprint density at radius 3 is 2.68 bits per heavy atom. The Morgan fingerprint density at radius 2 is 1.96 bits per heavy atom. The molecule has 0 bridgehead atoms. The van der Waals surface area contributed by atoms with E-state index in [2.05, 4.69) is 4.90 Å². The third-order valence-electron chi connectivity index (χ3n) is 5.92. The topological polar surface area (TPSA) is 63.0 Å². The van der Waals surface area contributed by atoms with E-state index in [0.29, 0.717) is 17.4 Å². The Balaban J connectivity index is 1.39.